The average Bonchev–Trinajstić information content (AvgIpc) is 3.26. The smallest absolute Gasteiger partial charge is 0.129 e. The van der Waals surface area contributed by atoms with E-state index in [1.54, 1.807) is 0 Å². The molecule has 2 aromatic heterocycles. The number of nitrogens with one attached hydrogen (secondary N) is 4. The highest BCUT2D eigenvalue weighted by Crippen LogP contribution is 2.41. The molecule has 1 aromatic carbocycles. The number of amidine groups is 1. The molecule has 152 valence electrons. The summed E-state index contributed by atoms with van der Waals surface area (Å²) < 4.78 is 0. The van der Waals surface area contributed by atoms with Crippen molar-refractivity contribution in [3.8, 4) is 0 Å². The molecule has 3 aromatic rings. The highest BCUT2D eigenvalue weighted by Gasteiger charge is 2.41. The Balaban J connectivity index is 1.47. The Morgan fingerprint density at radius 1 is 1.17 bits per heavy atom. The summed E-state index contributed by atoms with van der Waals surface area (Å²) in [5.41, 5.74) is 5.63. The summed E-state index contributed by atoms with van der Waals surface area (Å²) in [5, 5.41) is 15.6. The van der Waals surface area contributed by atoms with Gasteiger partial charge in [0.15, 0.2) is 0 Å². The summed E-state index contributed by atoms with van der Waals surface area (Å²) in [4.78, 5) is 10.8. The first-order valence-electron chi connectivity index (χ1n) is 9.75. The molecule has 0 amide bonds. The maximum absolute atomic E-state index is 6.26. The minimum absolute atomic E-state index is 0.235. The second-order valence-corrected chi connectivity index (χ2v) is 8.81. The highest BCUT2D eigenvalue weighted by molar-refractivity contribution is 6.42. The lowest BCUT2D eigenvalue weighted by molar-refractivity contribution is 0.238. The third-order valence-electron chi connectivity index (χ3n) is 5.96. The summed E-state index contributed by atoms with van der Waals surface area (Å²) in [6.07, 6.45) is 1.92. The summed E-state index contributed by atoms with van der Waals surface area (Å²) in [6.45, 7) is 4.64. The van der Waals surface area contributed by atoms with E-state index in [1.807, 2.05) is 19.1 Å². The zero-order valence-electron chi connectivity index (χ0n) is 16.4. The van der Waals surface area contributed by atoms with Gasteiger partial charge in [-0.3, -0.25) is 5.10 Å². The number of aliphatic imine (C=N–C) groups is 1. The van der Waals surface area contributed by atoms with E-state index < -0.39 is 0 Å². The van der Waals surface area contributed by atoms with E-state index in [9.17, 15) is 0 Å². The van der Waals surface area contributed by atoms with Crippen LogP contribution in [0.2, 0.25) is 10.0 Å². The topological polar surface area (TPSA) is 84.1 Å². The standard InChI is InChI=1S/C20H23Cl2N7/c1-11-18-17(28-27-11)7-12(24-18)10-23-19-20(3-5-29(2)6-4-20)26-16-9-14(22)13(21)8-15(16)25-19/h7-9,24,26H,3-6,10H2,1-2H3,(H,23,25)(H,27,28). The molecule has 7 nitrogen and oxygen atoms in total. The molecule has 29 heavy (non-hydrogen) atoms. The molecule has 0 aliphatic carbocycles. The molecule has 1 saturated heterocycles. The van der Waals surface area contributed by atoms with Crippen LogP contribution in [0.1, 0.15) is 24.2 Å². The highest BCUT2D eigenvalue weighted by atomic mass is 35.5. The molecule has 5 rings (SSSR count). The minimum Gasteiger partial charge on any atom is -0.371 e. The van der Waals surface area contributed by atoms with Crippen LogP contribution in [0.15, 0.2) is 23.2 Å². The fourth-order valence-electron chi connectivity index (χ4n) is 4.20. The number of benzene rings is 1. The second-order valence-electron chi connectivity index (χ2n) is 8.00. The van der Waals surface area contributed by atoms with Crippen LogP contribution in [0.5, 0.6) is 0 Å². The maximum atomic E-state index is 6.26. The van der Waals surface area contributed by atoms with E-state index in [-0.39, 0.29) is 5.54 Å². The number of hydrogen-bond donors (Lipinski definition) is 4. The van der Waals surface area contributed by atoms with Crippen molar-refractivity contribution in [1.82, 2.24) is 25.4 Å². The lowest BCUT2D eigenvalue weighted by Crippen LogP contribution is -2.58. The van der Waals surface area contributed by atoms with E-state index in [1.165, 1.54) is 0 Å². The predicted molar refractivity (Wildman–Crippen MR) is 119 cm³/mol. The van der Waals surface area contributed by atoms with Gasteiger partial charge in [0.05, 0.1) is 50.2 Å². The van der Waals surface area contributed by atoms with Gasteiger partial charge in [0.2, 0.25) is 0 Å². The first-order chi connectivity index (χ1) is 13.9. The van der Waals surface area contributed by atoms with Crippen LogP contribution in [0.3, 0.4) is 0 Å². The quantitative estimate of drug-likeness (QED) is 0.489. The number of anilines is 1. The van der Waals surface area contributed by atoms with Crippen LogP contribution in [0.4, 0.5) is 11.4 Å². The second kappa shape index (κ2) is 6.93. The van der Waals surface area contributed by atoms with Crippen LogP contribution in [0, 0.1) is 6.92 Å². The van der Waals surface area contributed by atoms with Crippen LogP contribution >= 0.6 is 23.2 Å². The van der Waals surface area contributed by atoms with Crippen molar-refractivity contribution in [3.05, 3.63) is 39.6 Å². The zero-order valence-corrected chi connectivity index (χ0v) is 17.9. The average molecular weight is 432 g/mol. The number of fused-ring (bicyclic) bond motifs is 2. The summed E-state index contributed by atoms with van der Waals surface area (Å²) in [5.74, 6) is 0.949. The van der Waals surface area contributed by atoms with Gasteiger partial charge in [-0.25, -0.2) is 4.99 Å². The Labute approximate surface area is 178 Å². The van der Waals surface area contributed by atoms with E-state index in [4.69, 9.17) is 28.2 Å². The Morgan fingerprint density at radius 3 is 2.69 bits per heavy atom. The fourth-order valence-corrected chi connectivity index (χ4v) is 4.52. The molecule has 0 saturated carbocycles. The van der Waals surface area contributed by atoms with Gasteiger partial charge in [-0.2, -0.15) is 5.10 Å². The third kappa shape index (κ3) is 3.27. The van der Waals surface area contributed by atoms with Gasteiger partial charge in [0, 0.05) is 18.8 Å². The number of H-pyrrole nitrogens is 2. The Hall–Kier alpha value is -2.22. The Kier molecular flexibility index (Phi) is 4.49. The van der Waals surface area contributed by atoms with Gasteiger partial charge in [-0.05, 0) is 45.0 Å². The van der Waals surface area contributed by atoms with Crippen molar-refractivity contribution in [2.24, 2.45) is 4.99 Å². The SMILES string of the molecule is Cc1n[nH]c2cc(CNC3=Nc4cc(Cl)c(Cl)cc4NC34CCN(C)CC4)[nH]c12. The first kappa shape index (κ1) is 18.8. The monoisotopic (exact) mass is 431 g/mol. The number of piperidine rings is 1. The largest absolute Gasteiger partial charge is 0.371 e. The number of hydrogen-bond acceptors (Lipinski definition) is 5. The molecular formula is C20H23Cl2N7. The van der Waals surface area contributed by atoms with Crippen molar-refractivity contribution >= 4 is 51.4 Å². The molecule has 4 heterocycles. The summed E-state index contributed by atoms with van der Waals surface area (Å²) >= 11 is 12.5. The lowest BCUT2D eigenvalue weighted by Gasteiger charge is -2.45. The molecule has 2 aliphatic heterocycles. The van der Waals surface area contributed by atoms with Crippen molar-refractivity contribution in [3.63, 3.8) is 0 Å². The molecule has 0 bridgehead atoms. The molecule has 0 unspecified atom stereocenters. The molecule has 0 radical (unpaired) electrons. The summed E-state index contributed by atoms with van der Waals surface area (Å²) in [7, 11) is 2.15. The normalized spacial score (nSPS) is 18.6. The number of nitrogens with zero attached hydrogens (tertiary/aromatic N) is 3. The first-order valence-corrected chi connectivity index (χ1v) is 10.5. The number of aryl methyl sites for hydroxylation is 1. The predicted octanol–water partition coefficient (Wildman–Crippen LogP) is 4.22. The van der Waals surface area contributed by atoms with Crippen LogP contribution < -0.4 is 10.6 Å². The number of aromatic amines is 2. The Morgan fingerprint density at radius 2 is 1.93 bits per heavy atom. The molecule has 0 atom stereocenters. The van der Waals surface area contributed by atoms with Crippen molar-refractivity contribution < 1.29 is 0 Å². The number of rotatable bonds is 2. The molecular weight excluding hydrogens is 409 g/mol. The van der Waals surface area contributed by atoms with Gasteiger partial charge in [0.1, 0.15) is 5.84 Å². The van der Waals surface area contributed by atoms with E-state index >= 15 is 0 Å². The minimum atomic E-state index is -0.235. The van der Waals surface area contributed by atoms with Gasteiger partial charge in [-0.1, -0.05) is 23.2 Å². The van der Waals surface area contributed by atoms with E-state index in [0.717, 1.165) is 65.6 Å². The Bertz CT molecular complexity index is 1110. The van der Waals surface area contributed by atoms with Crippen LogP contribution in [0.25, 0.3) is 11.0 Å². The lowest BCUT2D eigenvalue weighted by atomic mass is 9.84. The maximum Gasteiger partial charge on any atom is 0.129 e. The van der Waals surface area contributed by atoms with Crippen molar-refractivity contribution in [2.75, 3.05) is 25.5 Å². The van der Waals surface area contributed by atoms with E-state index in [2.05, 4.69) is 43.8 Å². The number of aromatic nitrogens is 3. The zero-order chi connectivity index (χ0) is 20.2. The van der Waals surface area contributed by atoms with Gasteiger partial charge in [-0.15, -0.1) is 0 Å². The van der Waals surface area contributed by atoms with Crippen LogP contribution in [-0.2, 0) is 6.54 Å². The molecule has 1 spiro atoms. The van der Waals surface area contributed by atoms with Crippen LogP contribution in [-0.4, -0.2) is 51.6 Å². The van der Waals surface area contributed by atoms with Crippen molar-refractivity contribution in [2.45, 2.75) is 31.8 Å². The number of halogens is 2. The van der Waals surface area contributed by atoms with Crippen molar-refractivity contribution in [1.29, 1.82) is 0 Å². The third-order valence-corrected chi connectivity index (χ3v) is 6.69. The van der Waals surface area contributed by atoms with Gasteiger partial charge >= 0.3 is 0 Å². The molecule has 9 heteroatoms. The summed E-state index contributed by atoms with van der Waals surface area (Å²) in [6, 6.07) is 5.79. The molecule has 4 N–H and O–H groups in total. The molecule has 1 fully saturated rings. The number of likely N-dealkylation sites (tertiary alicyclic amines) is 1. The van der Waals surface area contributed by atoms with E-state index in [0.29, 0.717) is 16.6 Å². The van der Waals surface area contributed by atoms with Gasteiger partial charge in [0.25, 0.3) is 0 Å². The fraction of sp³-hybridized carbons (Fsp3) is 0.400. The molecule has 2 aliphatic rings. The van der Waals surface area contributed by atoms with Gasteiger partial charge < -0.3 is 20.5 Å².